The lowest BCUT2D eigenvalue weighted by Crippen LogP contribution is -2.25. The molecule has 2 rings (SSSR count). The number of hydrogen-bond donors (Lipinski definition) is 1. The Balaban J connectivity index is 1.85. The highest BCUT2D eigenvalue weighted by Crippen LogP contribution is 2.28. The van der Waals surface area contributed by atoms with Crippen molar-refractivity contribution >= 4 is 11.3 Å². The summed E-state index contributed by atoms with van der Waals surface area (Å²) in [6.07, 6.45) is 6.10. The lowest BCUT2D eigenvalue weighted by atomic mass is 9.98. The Labute approximate surface area is 109 Å². The number of nitrogens with zero attached hydrogens (tertiary/aromatic N) is 1. The van der Waals surface area contributed by atoms with Gasteiger partial charge in [-0.05, 0) is 25.2 Å². The van der Waals surface area contributed by atoms with E-state index in [-0.39, 0.29) is 5.41 Å². The van der Waals surface area contributed by atoms with Gasteiger partial charge in [0.1, 0.15) is 0 Å². The van der Waals surface area contributed by atoms with Gasteiger partial charge >= 0.3 is 0 Å². The highest BCUT2D eigenvalue weighted by atomic mass is 32.1. The monoisotopic (exact) mass is 252 g/mol. The summed E-state index contributed by atoms with van der Waals surface area (Å²) in [5.74, 6) is 0.902. The minimum Gasteiger partial charge on any atom is -0.309 e. The summed E-state index contributed by atoms with van der Waals surface area (Å²) in [6.45, 7) is 10.0. The Morgan fingerprint density at radius 3 is 2.71 bits per heavy atom. The van der Waals surface area contributed by atoms with E-state index in [4.69, 9.17) is 0 Å². The lowest BCUT2D eigenvalue weighted by molar-refractivity contribution is 0.504. The normalized spacial score (nSPS) is 25.4. The van der Waals surface area contributed by atoms with Crippen LogP contribution in [0.2, 0.25) is 0 Å². The summed E-state index contributed by atoms with van der Waals surface area (Å²) in [6, 6.07) is 0.727. The summed E-state index contributed by atoms with van der Waals surface area (Å²) >= 11 is 1.85. The maximum Gasteiger partial charge on any atom is 0.0981 e. The topological polar surface area (TPSA) is 24.9 Å². The molecule has 1 aromatic heterocycles. The maximum atomic E-state index is 4.53. The second-order valence-corrected chi connectivity index (χ2v) is 7.49. The minimum absolute atomic E-state index is 0.185. The van der Waals surface area contributed by atoms with Crippen molar-refractivity contribution in [1.29, 1.82) is 0 Å². The van der Waals surface area contributed by atoms with Crippen molar-refractivity contribution in [2.45, 2.75) is 65.0 Å². The van der Waals surface area contributed by atoms with Crippen molar-refractivity contribution in [3.05, 3.63) is 16.1 Å². The van der Waals surface area contributed by atoms with E-state index in [0.29, 0.717) is 0 Å². The van der Waals surface area contributed by atoms with Crippen molar-refractivity contribution in [2.75, 3.05) is 0 Å². The van der Waals surface area contributed by atoms with Crippen molar-refractivity contribution in [2.24, 2.45) is 5.92 Å². The van der Waals surface area contributed by atoms with Gasteiger partial charge in [0, 0.05) is 29.1 Å². The number of aromatic nitrogens is 1. The molecule has 1 fully saturated rings. The Hall–Kier alpha value is -0.410. The van der Waals surface area contributed by atoms with E-state index in [9.17, 15) is 0 Å². The quantitative estimate of drug-likeness (QED) is 0.887. The van der Waals surface area contributed by atoms with Crippen molar-refractivity contribution in [3.63, 3.8) is 0 Å². The average Bonchev–Trinajstić information content (AvgIpc) is 2.82. The van der Waals surface area contributed by atoms with Gasteiger partial charge in [-0.25, -0.2) is 4.98 Å². The predicted octanol–water partition coefficient (Wildman–Crippen LogP) is 3.72. The molecule has 0 aromatic carbocycles. The van der Waals surface area contributed by atoms with Crippen LogP contribution in [0, 0.1) is 5.92 Å². The summed E-state index contributed by atoms with van der Waals surface area (Å²) in [7, 11) is 0. The molecular formula is C14H24N2S. The first-order chi connectivity index (χ1) is 7.95. The SMILES string of the molecule is CC1CCC(NCc2cnc(C(C)(C)C)s2)C1. The predicted molar refractivity (Wildman–Crippen MR) is 74.5 cm³/mol. The maximum absolute atomic E-state index is 4.53. The molecule has 2 nitrogen and oxygen atoms in total. The third-order valence-electron chi connectivity index (χ3n) is 3.45. The zero-order valence-corrected chi connectivity index (χ0v) is 12.2. The second-order valence-electron chi connectivity index (χ2n) is 6.38. The molecule has 17 heavy (non-hydrogen) atoms. The fraction of sp³-hybridized carbons (Fsp3) is 0.786. The molecule has 2 atom stereocenters. The fourth-order valence-electron chi connectivity index (χ4n) is 2.37. The summed E-state index contributed by atoms with van der Waals surface area (Å²) < 4.78 is 0. The zero-order valence-electron chi connectivity index (χ0n) is 11.4. The summed E-state index contributed by atoms with van der Waals surface area (Å²) in [5.41, 5.74) is 0.185. The van der Waals surface area contributed by atoms with Crippen LogP contribution in [-0.2, 0) is 12.0 Å². The largest absolute Gasteiger partial charge is 0.309 e. The molecule has 0 aliphatic heterocycles. The van der Waals surface area contributed by atoms with Crippen LogP contribution >= 0.6 is 11.3 Å². The number of thiazole rings is 1. The van der Waals surface area contributed by atoms with Crippen LogP contribution in [0.15, 0.2) is 6.20 Å². The number of rotatable bonds is 3. The van der Waals surface area contributed by atoms with Gasteiger partial charge in [0.2, 0.25) is 0 Å². The molecule has 0 saturated heterocycles. The zero-order chi connectivity index (χ0) is 12.5. The Kier molecular flexibility index (Phi) is 3.88. The van der Waals surface area contributed by atoms with Gasteiger partial charge in [0.05, 0.1) is 5.01 Å². The number of hydrogen-bond acceptors (Lipinski definition) is 3. The van der Waals surface area contributed by atoms with E-state index >= 15 is 0 Å². The van der Waals surface area contributed by atoms with Gasteiger partial charge in [0.25, 0.3) is 0 Å². The standard InChI is InChI=1S/C14H24N2S/c1-10-5-6-11(7-10)15-8-12-9-16-13(17-12)14(2,3)4/h9-11,15H,5-8H2,1-4H3. The molecule has 1 aromatic rings. The van der Waals surface area contributed by atoms with Crippen LogP contribution in [0.1, 0.15) is 56.8 Å². The van der Waals surface area contributed by atoms with E-state index in [0.717, 1.165) is 18.5 Å². The molecule has 1 N–H and O–H groups in total. The van der Waals surface area contributed by atoms with Crippen LogP contribution < -0.4 is 5.32 Å². The van der Waals surface area contributed by atoms with Crippen molar-refractivity contribution in [3.8, 4) is 0 Å². The molecule has 0 bridgehead atoms. The Morgan fingerprint density at radius 1 is 1.41 bits per heavy atom. The molecule has 1 heterocycles. The molecule has 2 unspecified atom stereocenters. The molecule has 0 radical (unpaired) electrons. The van der Waals surface area contributed by atoms with Crippen molar-refractivity contribution in [1.82, 2.24) is 10.3 Å². The van der Waals surface area contributed by atoms with Gasteiger partial charge < -0.3 is 5.32 Å². The van der Waals surface area contributed by atoms with Crippen LogP contribution in [0.3, 0.4) is 0 Å². The third-order valence-corrected chi connectivity index (χ3v) is 4.88. The van der Waals surface area contributed by atoms with E-state index in [1.165, 1.54) is 29.1 Å². The summed E-state index contributed by atoms with van der Waals surface area (Å²) in [5, 5.41) is 4.91. The van der Waals surface area contributed by atoms with Crippen LogP contribution in [0.5, 0.6) is 0 Å². The molecule has 0 amide bonds. The van der Waals surface area contributed by atoms with Gasteiger partial charge in [-0.1, -0.05) is 27.7 Å². The van der Waals surface area contributed by atoms with Gasteiger partial charge in [-0.3, -0.25) is 0 Å². The van der Waals surface area contributed by atoms with Crippen LogP contribution in [-0.4, -0.2) is 11.0 Å². The second kappa shape index (κ2) is 5.07. The molecule has 1 aliphatic rings. The highest BCUT2D eigenvalue weighted by Gasteiger charge is 2.21. The first-order valence-corrected chi connectivity index (χ1v) is 7.45. The van der Waals surface area contributed by atoms with E-state index in [1.54, 1.807) is 0 Å². The fourth-order valence-corrected chi connectivity index (χ4v) is 3.29. The van der Waals surface area contributed by atoms with E-state index < -0.39 is 0 Å². The molecular weight excluding hydrogens is 228 g/mol. The first-order valence-electron chi connectivity index (χ1n) is 6.63. The Morgan fingerprint density at radius 2 is 2.18 bits per heavy atom. The third kappa shape index (κ3) is 3.52. The van der Waals surface area contributed by atoms with Crippen molar-refractivity contribution < 1.29 is 0 Å². The van der Waals surface area contributed by atoms with Crippen LogP contribution in [0.25, 0.3) is 0 Å². The van der Waals surface area contributed by atoms with E-state index in [2.05, 4.69) is 38.0 Å². The highest BCUT2D eigenvalue weighted by molar-refractivity contribution is 7.11. The molecule has 0 spiro atoms. The summed E-state index contributed by atoms with van der Waals surface area (Å²) in [4.78, 5) is 5.90. The smallest absolute Gasteiger partial charge is 0.0981 e. The molecule has 1 aliphatic carbocycles. The lowest BCUT2D eigenvalue weighted by Gasteiger charge is -2.13. The van der Waals surface area contributed by atoms with Crippen LogP contribution in [0.4, 0.5) is 0 Å². The molecule has 96 valence electrons. The van der Waals surface area contributed by atoms with Gasteiger partial charge in [0.15, 0.2) is 0 Å². The first kappa shape index (κ1) is 13.0. The van der Waals surface area contributed by atoms with Gasteiger partial charge in [-0.2, -0.15) is 0 Å². The molecule has 3 heteroatoms. The minimum atomic E-state index is 0.185. The van der Waals surface area contributed by atoms with Gasteiger partial charge in [-0.15, -0.1) is 11.3 Å². The van der Waals surface area contributed by atoms with E-state index in [1.807, 2.05) is 17.5 Å². The average molecular weight is 252 g/mol. The molecule has 1 saturated carbocycles. The Bertz CT molecular complexity index is 365. The number of nitrogens with one attached hydrogen (secondary N) is 1.